The molecule has 0 aliphatic heterocycles. The molecule has 2 aromatic carbocycles. The molecular formula is C28H20Cl2N2Ti. The third-order valence-electron chi connectivity index (χ3n) is 6.11. The van der Waals surface area contributed by atoms with Gasteiger partial charge >= 0.3 is 192 Å². The van der Waals surface area contributed by atoms with Gasteiger partial charge in [0.05, 0.1) is 0 Å². The van der Waals surface area contributed by atoms with Gasteiger partial charge in [0, 0.05) is 0 Å². The zero-order valence-electron chi connectivity index (χ0n) is 17.7. The third kappa shape index (κ3) is 4.37. The monoisotopic (exact) mass is 502 g/mol. The van der Waals surface area contributed by atoms with Gasteiger partial charge in [0.25, 0.3) is 0 Å². The molecule has 0 saturated carbocycles. The van der Waals surface area contributed by atoms with Crippen molar-refractivity contribution in [2.75, 3.05) is 0 Å². The van der Waals surface area contributed by atoms with Crippen molar-refractivity contribution in [2.45, 2.75) is 8.45 Å². The first kappa shape index (κ1) is 23.7. The Labute approximate surface area is 215 Å². The molecule has 2 heterocycles. The van der Waals surface area contributed by atoms with Crippen molar-refractivity contribution in [3.63, 3.8) is 0 Å². The van der Waals surface area contributed by atoms with Crippen LogP contribution in [0.3, 0.4) is 0 Å². The molecule has 0 spiro atoms. The van der Waals surface area contributed by atoms with Crippen molar-refractivity contribution in [3.8, 4) is 0 Å². The summed E-state index contributed by atoms with van der Waals surface area (Å²) < 4.78 is 0.851. The number of aromatic nitrogens is 2. The van der Waals surface area contributed by atoms with Gasteiger partial charge in [0.2, 0.25) is 0 Å². The Morgan fingerprint density at radius 3 is 1.36 bits per heavy atom. The van der Waals surface area contributed by atoms with Crippen LogP contribution in [0.15, 0.2) is 97.3 Å². The fraction of sp³-hybridized carbons (Fsp3) is 0.0714. The fourth-order valence-electron chi connectivity index (χ4n) is 4.68. The zero-order valence-corrected chi connectivity index (χ0v) is 20.8. The molecule has 2 aliphatic rings. The topological polar surface area (TPSA) is 25.8 Å². The van der Waals surface area contributed by atoms with E-state index in [1.54, 1.807) is 0 Å². The summed E-state index contributed by atoms with van der Waals surface area (Å²) in [5.41, 5.74) is 10.5. The Kier molecular flexibility index (Phi) is 7.31. The summed E-state index contributed by atoms with van der Waals surface area (Å²) in [6.45, 7) is 0. The molecule has 2 atom stereocenters. The van der Waals surface area contributed by atoms with E-state index in [-0.39, 0.29) is 24.8 Å². The number of hydrogen-bond donors (Lipinski definition) is 0. The number of rotatable bonds is 4. The maximum absolute atomic E-state index is 4.71. The van der Waals surface area contributed by atoms with Crippen LogP contribution >= 0.6 is 0 Å². The fourth-order valence-corrected chi connectivity index (χ4v) is 7.87. The van der Waals surface area contributed by atoms with E-state index in [1.165, 1.54) is 33.4 Å². The number of halogens is 2. The number of fused-ring (bicyclic) bond motifs is 2. The molecule has 6 rings (SSSR count). The van der Waals surface area contributed by atoms with Crippen LogP contribution in [0.4, 0.5) is 0 Å². The molecule has 4 aromatic rings. The third-order valence-corrected chi connectivity index (χ3v) is 9.10. The van der Waals surface area contributed by atoms with Crippen LogP contribution in [0.1, 0.15) is 42.1 Å². The standard InChI is InChI=1S/2C14H10N.2ClH.Ti/c2*1-2-6-12-10-13(9-11(12)5-1)14-7-3-4-8-15-14;;;/h2*1-10H;2*1H;/q;;;;+2/p-2. The first-order chi connectivity index (χ1) is 15.4. The molecule has 2 unspecified atom stereocenters. The van der Waals surface area contributed by atoms with Crippen LogP contribution < -0.4 is 24.8 Å². The zero-order chi connectivity index (χ0) is 20.6. The number of allylic oxidation sites excluding steroid dienone is 2. The maximum Gasteiger partial charge on any atom is -1.00 e. The van der Waals surface area contributed by atoms with Gasteiger partial charge in [-0.05, 0) is 0 Å². The van der Waals surface area contributed by atoms with Crippen LogP contribution in [-0.2, 0) is 19.2 Å². The van der Waals surface area contributed by atoms with Crippen LogP contribution in [0.2, 0.25) is 0 Å². The number of hydrogen-bond acceptors (Lipinski definition) is 2. The average Bonchev–Trinajstić information content (AvgIpc) is 3.40. The van der Waals surface area contributed by atoms with E-state index in [1.807, 2.05) is 24.5 Å². The Balaban J connectivity index is 0.00000130. The van der Waals surface area contributed by atoms with Gasteiger partial charge in [-0.1, -0.05) is 0 Å². The Bertz CT molecular complexity index is 1220. The minimum absolute atomic E-state index is 0. The van der Waals surface area contributed by atoms with Crippen LogP contribution in [0.5, 0.6) is 0 Å². The molecular weight excluding hydrogens is 483 g/mol. The molecule has 5 heteroatoms. The molecule has 0 bridgehead atoms. The Hall–Kier alpha value is -2.49. The Morgan fingerprint density at radius 2 is 0.939 bits per heavy atom. The van der Waals surface area contributed by atoms with Crippen molar-refractivity contribution in [3.05, 3.63) is 131 Å². The molecule has 0 N–H and O–H groups in total. The average molecular weight is 503 g/mol. The molecule has 0 saturated heterocycles. The molecule has 0 fully saturated rings. The molecule has 0 radical (unpaired) electrons. The van der Waals surface area contributed by atoms with Gasteiger partial charge in [0.15, 0.2) is 0 Å². The van der Waals surface area contributed by atoms with E-state index in [2.05, 4.69) is 84.9 Å². The summed E-state index contributed by atoms with van der Waals surface area (Å²) in [5.74, 6) is 0. The van der Waals surface area contributed by atoms with E-state index in [0.29, 0.717) is 8.45 Å². The van der Waals surface area contributed by atoms with Gasteiger partial charge in [0.1, 0.15) is 0 Å². The van der Waals surface area contributed by atoms with Crippen molar-refractivity contribution >= 4 is 23.3 Å². The SMILES string of the molecule is C1=C(c2ccccn2)[CH]([Ti+2][CH]2C(c3ccccn3)=Cc3ccccc32)c2ccccc21.[Cl-].[Cl-]. The van der Waals surface area contributed by atoms with Gasteiger partial charge in [-0.25, -0.2) is 0 Å². The van der Waals surface area contributed by atoms with E-state index in [4.69, 9.17) is 9.97 Å². The van der Waals surface area contributed by atoms with Crippen LogP contribution in [-0.4, -0.2) is 9.97 Å². The predicted octanol–water partition coefficient (Wildman–Crippen LogP) is 0.458. The molecule has 2 aliphatic carbocycles. The van der Waals surface area contributed by atoms with Gasteiger partial charge in [-0.2, -0.15) is 0 Å². The van der Waals surface area contributed by atoms with E-state index in [0.717, 1.165) is 11.4 Å². The maximum atomic E-state index is 4.71. The minimum Gasteiger partial charge on any atom is -1.00 e. The largest absolute Gasteiger partial charge is 1.00 e. The van der Waals surface area contributed by atoms with Gasteiger partial charge in [-0.3, -0.25) is 0 Å². The summed E-state index contributed by atoms with van der Waals surface area (Å²) in [5, 5.41) is 0. The summed E-state index contributed by atoms with van der Waals surface area (Å²) >= 11 is -0.487. The summed E-state index contributed by atoms with van der Waals surface area (Å²) in [4.78, 5) is 9.43. The second-order valence-corrected chi connectivity index (χ2v) is 10.2. The van der Waals surface area contributed by atoms with E-state index >= 15 is 0 Å². The smallest absolute Gasteiger partial charge is 1.00 e. The quantitative estimate of drug-likeness (QED) is 0.379. The minimum atomic E-state index is -0.487. The predicted molar refractivity (Wildman–Crippen MR) is 123 cm³/mol. The molecule has 0 amide bonds. The van der Waals surface area contributed by atoms with Crippen molar-refractivity contribution in [2.24, 2.45) is 0 Å². The molecule has 33 heavy (non-hydrogen) atoms. The molecule has 160 valence electrons. The van der Waals surface area contributed by atoms with E-state index < -0.39 is 19.2 Å². The summed E-state index contributed by atoms with van der Waals surface area (Å²) in [6, 6.07) is 30.2. The van der Waals surface area contributed by atoms with Crippen molar-refractivity contribution in [1.82, 2.24) is 9.97 Å². The normalized spacial score (nSPS) is 17.5. The van der Waals surface area contributed by atoms with Crippen LogP contribution in [0.25, 0.3) is 23.3 Å². The van der Waals surface area contributed by atoms with Crippen molar-refractivity contribution < 1.29 is 44.0 Å². The van der Waals surface area contributed by atoms with Gasteiger partial charge in [-0.15, -0.1) is 0 Å². The van der Waals surface area contributed by atoms with Crippen LogP contribution in [0, 0.1) is 0 Å². The molecule has 2 nitrogen and oxygen atoms in total. The summed E-state index contributed by atoms with van der Waals surface area (Å²) in [7, 11) is 0. The molecule has 2 aromatic heterocycles. The van der Waals surface area contributed by atoms with E-state index in [9.17, 15) is 0 Å². The number of benzene rings is 2. The second-order valence-electron chi connectivity index (χ2n) is 7.92. The summed E-state index contributed by atoms with van der Waals surface area (Å²) in [6.07, 6.45) is 8.52. The van der Waals surface area contributed by atoms with Gasteiger partial charge < -0.3 is 24.8 Å². The first-order valence-electron chi connectivity index (χ1n) is 10.6. The first-order valence-corrected chi connectivity index (χ1v) is 12.4. The Morgan fingerprint density at radius 1 is 0.515 bits per heavy atom. The second kappa shape index (κ2) is 10.2. The number of nitrogens with zero attached hydrogens (tertiary/aromatic N) is 2. The van der Waals surface area contributed by atoms with Crippen molar-refractivity contribution in [1.29, 1.82) is 0 Å². The number of pyridine rings is 2.